The summed E-state index contributed by atoms with van der Waals surface area (Å²) in [6.07, 6.45) is 2.48. The second-order valence-electron chi connectivity index (χ2n) is 6.42. The number of aromatic amines is 1. The van der Waals surface area contributed by atoms with Crippen LogP contribution in [-0.2, 0) is 6.54 Å². The van der Waals surface area contributed by atoms with E-state index in [0.717, 1.165) is 34.0 Å². The Labute approximate surface area is 155 Å². The van der Waals surface area contributed by atoms with Gasteiger partial charge in [0, 0.05) is 40.7 Å². The van der Waals surface area contributed by atoms with Crippen molar-refractivity contribution in [1.82, 2.24) is 10.3 Å². The lowest BCUT2D eigenvalue weighted by Gasteiger charge is -2.21. The fourth-order valence-corrected chi connectivity index (χ4v) is 3.78. The maximum atomic E-state index is 12.5. The predicted octanol–water partition coefficient (Wildman–Crippen LogP) is 4.46. The standard InChI is InChI=1S/C20H20BrN3O/c21-16-8-7-14-11-18(23-17(14)12-16)20(25)22-13-15-5-1-2-6-19(15)24-9-3-4-10-24/h1-2,5-8,11-12,23H,3-4,9-10,13H2,(H,22,25). The summed E-state index contributed by atoms with van der Waals surface area (Å²) in [5.74, 6) is -0.0800. The molecule has 0 unspecified atom stereocenters. The Balaban J connectivity index is 1.50. The molecular weight excluding hydrogens is 378 g/mol. The van der Waals surface area contributed by atoms with Gasteiger partial charge in [-0.25, -0.2) is 0 Å². The van der Waals surface area contributed by atoms with Crippen molar-refractivity contribution in [1.29, 1.82) is 0 Å². The molecule has 4 nitrogen and oxygen atoms in total. The smallest absolute Gasteiger partial charge is 0.267 e. The van der Waals surface area contributed by atoms with Crippen LogP contribution < -0.4 is 10.2 Å². The molecule has 1 aliphatic heterocycles. The summed E-state index contributed by atoms with van der Waals surface area (Å²) in [7, 11) is 0. The van der Waals surface area contributed by atoms with Crippen LogP contribution in [0.15, 0.2) is 53.0 Å². The van der Waals surface area contributed by atoms with Gasteiger partial charge in [-0.2, -0.15) is 0 Å². The second kappa shape index (κ2) is 6.92. The summed E-state index contributed by atoms with van der Waals surface area (Å²) in [5, 5.41) is 4.08. The Bertz CT molecular complexity index is 912. The highest BCUT2D eigenvalue weighted by atomic mass is 79.9. The minimum absolute atomic E-state index is 0.0800. The van der Waals surface area contributed by atoms with E-state index >= 15 is 0 Å². The molecule has 25 heavy (non-hydrogen) atoms. The third kappa shape index (κ3) is 3.42. The number of carbonyl (C=O) groups excluding carboxylic acids is 1. The van der Waals surface area contributed by atoms with Crippen molar-refractivity contribution in [3.05, 3.63) is 64.3 Å². The van der Waals surface area contributed by atoms with Gasteiger partial charge in [-0.1, -0.05) is 40.2 Å². The zero-order chi connectivity index (χ0) is 17.2. The van der Waals surface area contributed by atoms with E-state index in [0.29, 0.717) is 12.2 Å². The molecule has 0 saturated carbocycles. The van der Waals surface area contributed by atoms with E-state index in [1.165, 1.54) is 18.5 Å². The minimum atomic E-state index is -0.0800. The summed E-state index contributed by atoms with van der Waals surface area (Å²) in [6, 6.07) is 16.2. The molecule has 1 amide bonds. The normalized spacial score (nSPS) is 14.2. The first-order valence-electron chi connectivity index (χ1n) is 8.60. The molecule has 3 aromatic rings. The molecule has 1 aliphatic rings. The molecular formula is C20H20BrN3O. The van der Waals surface area contributed by atoms with Gasteiger partial charge in [0.2, 0.25) is 0 Å². The first kappa shape index (κ1) is 16.2. The number of rotatable bonds is 4. The van der Waals surface area contributed by atoms with Crippen LogP contribution in [0.4, 0.5) is 5.69 Å². The number of H-pyrrole nitrogens is 1. The number of hydrogen-bond acceptors (Lipinski definition) is 2. The Kier molecular flexibility index (Phi) is 4.49. The first-order valence-corrected chi connectivity index (χ1v) is 9.39. The Hall–Kier alpha value is -2.27. The van der Waals surface area contributed by atoms with Crippen molar-refractivity contribution in [2.75, 3.05) is 18.0 Å². The van der Waals surface area contributed by atoms with E-state index in [4.69, 9.17) is 0 Å². The highest BCUT2D eigenvalue weighted by molar-refractivity contribution is 9.10. The third-order valence-electron chi connectivity index (χ3n) is 4.71. The van der Waals surface area contributed by atoms with Crippen molar-refractivity contribution in [2.45, 2.75) is 19.4 Å². The van der Waals surface area contributed by atoms with Crippen LogP contribution in [0.25, 0.3) is 10.9 Å². The number of nitrogens with one attached hydrogen (secondary N) is 2. The molecule has 0 spiro atoms. The van der Waals surface area contributed by atoms with Crippen molar-refractivity contribution < 1.29 is 4.79 Å². The van der Waals surface area contributed by atoms with Gasteiger partial charge >= 0.3 is 0 Å². The average Bonchev–Trinajstić information content (AvgIpc) is 3.29. The molecule has 2 N–H and O–H groups in total. The number of carbonyl (C=O) groups is 1. The molecule has 0 radical (unpaired) electrons. The van der Waals surface area contributed by atoms with Gasteiger partial charge in [0.25, 0.3) is 5.91 Å². The number of fused-ring (bicyclic) bond motifs is 1. The summed E-state index contributed by atoms with van der Waals surface area (Å²) < 4.78 is 0.994. The molecule has 1 fully saturated rings. The minimum Gasteiger partial charge on any atom is -0.371 e. The fraction of sp³-hybridized carbons (Fsp3) is 0.250. The Morgan fingerprint density at radius 2 is 1.92 bits per heavy atom. The van der Waals surface area contributed by atoms with Gasteiger partial charge in [0.1, 0.15) is 5.69 Å². The zero-order valence-corrected chi connectivity index (χ0v) is 15.5. The number of hydrogen-bond donors (Lipinski definition) is 2. The number of amides is 1. The molecule has 1 aromatic heterocycles. The SMILES string of the molecule is O=C(NCc1ccccc1N1CCCC1)c1cc2ccc(Br)cc2[nH]1. The van der Waals surface area contributed by atoms with Crippen LogP contribution in [0.1, 0.15) is 28.9 Å². The largest absolute Gasteiger partial charge is 0.371 e. The highest BCUT2D eigenvalue weighted by Crippen LogP contribution is 2.25. The summed E-state index contributed by atoms with van der Waals surface area (Å²) in [4.78, 5) is 18.1. The van der Waals surface area contributed by atoms with Gasteiger partial charge in [0.05, 0.1) is 0 Å². The molecule has 2 aromatic carbocycles. The lowest BCUT2D eigenvalue weighted by atomic mass is 10.1. The van der Waals surface area contributed by atoms with Crippen molar-refractivity contribution in [3.63, 3.8) is 0 Å². The van der Waals surface area contributed by atoms with Crippen molar-refractivity contribution in [2.24, 2.45) is 0 Å². The summed E-state index contributed by atoms with van der Waals surface area (Å²) in [5.41, 5.74) is 3.95. The van der Waals surface area contributed by atoms with Gasteiger partial charge in [-0.05, 0) is 42.7 Å². The van der Waals surface area contributed by atoms with Crippen LogP contribution in [0.3, 0.4) is 0 Å². The van der Waals surface area contributed by atoms with Crippen molar-refractivity contribution >= 4 is 38.4 Å². The Morgan fingerprint density at radius 3 is 2.76 bits per heavy atom. The van der Waals surface area contributed by atoms with Crippen LogP contribution in [0, 0.1) is 0 Å². The number of anilines is 1. The molecule has 4 rings (SSSR count). The van der Waals surface area contributed by atoms with Crippen LogP contribution in [-0.4, -0.2) is 24.0 Å². The molecule has 0 aliphatic carbocycles. The summed E-state index contributed by atoms with van der Waals surface area (Å²) >= 11 is 3.45. The third-order valence-corrected chi connectivity index (χ3v) is 5.20. The van der Waals surface area contributed by atoms with Crippen molar-refractivity contribution in [3.8, 4) is 0 Å². The number of halogens is 1. The fourth-order valence-electron chi connectivity index (χ4n) is 3.42. The van der Waals surface area contributed by atoms with Crippen LogP contribution in [0.2, 0.25) is 0 Å². The number of para-hydroxylation sites is 1. The molecule has 128 valence electrons. The first-order chi connectivity index (χ1) is 12.2. The molecule has 0 bridgehead atoms. The van der Waals surface area contributed by atoms with E-state index in [9.17, 15) is 4.79 Å². The molecule has 2 heterocycles. The lowest BCUT2D eigenvalue weighted by molar-refractivity contribution is 0.0947. The maximum Gasteiger partial charge on any atom is 0.267 e. The second-order valence-corrected chi connectivity index (χ2v) is 7.34. The van der Waals surface area contributed by atoms with E-state index in [-0.39, 0.29) is 5.91 Å². The monoisotopic (exact) mass is 397 g/mol. The summed E-state index contributed by atoms with van der Waals surface area (Å²) in [6.45, 7) is 2.73. The van der Waals surface area contributed by atoms with Gasteiger partial charge in [-0.15, -0.1) is 0 Å². The Morgan fingerprint density at radius 1 is 1.12 bits per heavy atom. The van der Waals surface area contributed by atoms with Gasteiger partial charge < -0.3 is 15.2 Å². The topological polar surface area (TPSA) is 48.1 Å². The quantitative estimate of drug-likeness (QED) is 0.682. The van der Waals surface area contributed by atoms with E-state index in [1.54, 1.807) is 0 Å². The molecule has 0 atom stereocenters. The number of aromatic nitrogens is 1. The number of nitrogens with zero attached hydrogens (tertiary/aromatic N) is 1. The lowest BCUT2D eigenvalue weighted by Crippen LogP contribution is -2.25. The highest BCUT2D eigenvalue weighted by Gasteiger charge is 2.16. The average molecular weight is 398 g/mol. The van der Waals surface area contributed by atoms with Gasteiger partial charge in [0.15, 0.2) is 0 Å². The van der Waals surface area contributed by atoms with E-state index in [2.05, 4.69) is 49.3 Å². The van der Waals surface area contributed by atoms with E-state index < -0.39 is 0 Å². The number of benzene rings is 2. The molecule has 1 saturated heterocycles. The maximum absolute atomic E-state index is 12.5. The van der Waals surface area contributed by atoms with Crippen LogP contribution in [0.5, 0.6) is 0 Å². The molecule has 5 heteroatoms. The van der Waals surface area contributed by atoms with Gasteiger partial charge in [-0.3, -0.25) is 4.79 Å². The van der Waals surface area contributed by atoms with E-state index in [1.807, 2.05) is 30.3 Å². The zero-order valence-electron chi connectivity index (χ0n) is 13.9. The van der Waals surface area contributed by atoms with Crippen LogP contribution >= 0.6 is 15.9 Å². The predicted molar refractivity (Wildman–Crippen MR) is 105 cm³/mol.